The van der Waals surface area contributed by atoms with E-state index in [9.17, 15) is 0 Å². The van der Waals surface area contributed by atoms with E-state index in [4.69, 9.17) is 12.2 Å². The highest BCUT2D eigenvalue weighted by atomic mass is 79.9. The van der Waals surface area contributed by atoms with Crippen molar-refractivity contribution in [1.29, 1.82) is 0 Å². The van der Waals surface area contributed by atoms with E-state index < -0.39 is 0 Å². The summed E-state index contributed by atoms with van der Waals surface area (Å²) in [7, 11) is 0. The molecular formula is C15H21BrN2S. The number of rotatable bonds is 3. The lowest BCUT2D eigenvalue weighted by Gasteiger charge is -2.26. The lowest BCUT2D eigenvalue weighted by molar-refractivity contribution is 0.411. The molecule has 2 rings (SSSR count). The third kappa shape index (κ3) is 4.77. The fourth-order valence-electron chi connectivity index (χ4n) is 2.53. The van der Waals surface area contributed by atoms with Crippen molar-refractivity contribution in [2.45, 2.75) is 51.1 Å². The molecule has 104 valence electrons. The van der Waals surface area contributed by atoms with Gasteiger partial charge in [0.15, 0.2) is 5.11 Å². The third-order valence-corrected chi connectivity index (χ3v) is 4.37. The van der Waals surface area contributed by atoms with Crippen LogP contribution >= 0.6 is 28.1 Å². The second kappa shape index (κ2) is 7.25. The second-order valence-electron chi connectivity index (χ2n) is 5.23. The average molecular weight is 341 g/mol. The second-order valence-corrected chi connectivity index (χ2v) is 6.55. The van der Waals surface area contributed by atoms with Crippen molar-refractivity contribution in [3.63, 3.8) is 0 Å². The molecule has 1 aromatic rings. The third-order valence-electron chi connectivity index (χ3n) is 3.64. The van der Waals surface area contributed by atoms with Gasteiger partial charge >= 0.3 is 0 Å². The van der Waals surface area contributed by atoms with E-state index in [1.165, 1.54) is 37.7 Å². The van der Waals surface area contributed by atoms with Gasteiger partial charge in [0.25, 0.3) is 0 Å². The summed E-state index contributed by atoms with van der Waals surface area (Å²) in [4.78, 5) is 0. The predicted octanol–water partition coefficient (Wildman–Crippen LogP) is 4.31. The Morgan fingerprint density at radius 3 is 2.74 bits per heavy atom. The molecule has 0 heterocycles. The van der Waals surface area contributed by atoms with Crippen LogP contribution in [-0.2, 0) is 0 Å². The fraction of sp³-hybridized carbons (Fsp3) is 0.533. The first-order valence-electron chi connectivity index (χ1n) is 6.97. The molecule has 2 nitrogen and oxygen atoms in total. The highest BCUT2D eigenvalue weighted by Gasteiger charge is 2.15. The van der Waals surface area contributed by atoms with Crippen LogP contribution in [0.15, 0.2) is 28.7 Å². The maximum Gasteiger partial charge on any atom is 0.166 e. The van der Waals surface area contributed by atoms with E-state index in [-0.39, 0.29) is 6.04 Å². The molecule has 0 aromatic heterocycles. The zero-order valence-corrected chi connectivity index (χ0v) is 13.7. The summed E-state index contributed by atoms with van der Waals surface area (Å²) in [5.41, 5.74) is 1.24. The van der Waals surface area contributed by atoms with Gasteiger partial charge in [0.05, 0.1) is 6.04 Å². The van der Waals surface area contributed by atoms with Crippen LogP contribution < -0.4 is 10.6 Å². The smallest absolute Gasteiger partial charge is 0.166 e. The molecule has 4 heteroatoms. The number of hydrogen-bond donors (Lipinski definition) is 2. The highest BCUT2D eigenvalue weighted by Crippen LogP contribution is 2.19. The van der Waals surface area contributed by atoms with Crippen LogP contribution in [0.3, 0.4) is 0 Å². The number of hydrogen-bond acceptors (Lipinski definition) is 1. The van der Waals surface area contributed by atoms with Crippen molar-refractivity contribution in [3.8, 4) is 0 Å². The van der Waals surface area contributed by atoms with Gasteiger partial charge in [-0.1, -0.05) is 47.3 Å². The highest BCUT2D eigenvalue weighted by molar-refractivity contribution is 9.10. The Balaban J connectivity index is 1.84. The fourth-order valence-corrected chi connectivity index (χ4v) is 3.29. The summed E-state index contributed by atoms with van der Waals surface area (Å²) in [6.07, 6.45) is 6.50. The Bertz CT molecular complexity index is 430. The van der Waals surface area contributed by atoms with Crippen molar-refractivity contribution in [3.05, 3.63) is 34.3 Å². The van der Waals surface area contributed by atoms with Crippen LogP contribution in [0.2, 0.25) is 0 Å². The molecular weight excluding hydrogens is 320 g/mol. The quantitative estimate of drug-likeness (QED) is 0.802. The van der Waals surface area contributed by atoms with E-state index in [1.54, 1.807) is 0 Å². The van der Waals surface area contributed by atoms with Crippen LogP contribution in [0.5, 0.6) is 0 Å². The molecule has 1 aliphatic rings. The Kier molecular flexibility index (Phi) is 5.64. The lowest BCUT2D eigenvalue weighted by atomic mass is 9.96. The Hall–Kier alpha value is -0.610. The van der Waals surface area contributed by atoms with E-state index in [2.05, 4.69) is 51.7 Å². The Morgan fingerprint density at radius 1 is 1.32 bits per heavy atom. The van der Waals surface area contributed by atoms with Gasteiger partial charge in [-0.25, -0.2) is 0 Å². The van der Waals surface area contributed by atoms with E-state index in [0.29, 0.717) is 6.04 Å². The summed E-state index contributed by atoms with van der Waals surface area (Å²) >= 11 is 8.91. The van der Waals surface area contributed by atoms with Gasteiger partial charge in [0.1, 0.15) is 0 Å². The maximum atomic E-state index is 5.41. The minimum Gasteiger partial charge on any atom is -0.360 e. The SMILES string of the molecule is CC(NC(=S)NC1CCCCC1)c1cccc(Br)c1. The van der Waals surface area contributed by atoms with Crippen molar-refractivity contribution in [1.82, 2.24) is 10.6 Å². The monoisotopic (exact) mass is 340 g/mol. The van der Waals surface area contributed by atoms with E-state index in [1.807, 2.05) is 6.07 Å². The molecule has 1 atom stereocenters. The molecule has 1 aromatic carbocycles. The molecule has 2 N–H and O–H groups in total. The van der Waals surface area contributed by atoms with Gasteiger partial charge in [0, 0.05) is 10.5 Å². The van der Waals surface area contributed by atoms with Crippen LogP contribution in [0.1, 0.15) is 50.6 Å². The molecule has 0 saturated heterocycles. The van der Waals surface area contributed by atoms with Crippen molar-refractivity contribution >= 4 is 33.3 Å². The zero-order chi connectivity index (χ0) is 13.7. The summed E-state index contributed by atoms with van der Waals surface area (Å²) in [6, 6.07) is 9.11. The first kappa shape index (κ1) is 14.8. The predicted molar refractivity (Wildman–Crippen MR) is 88.3 cm³/mol. The van der Waals surface area contributed by atoms with Gasteiger partial charge in [-0.3, -0.25) is 0 Å². The molecule has 0 spiro atoms. The zero-order valence-electron chi connectivity index (χ0n) is 11.3. The number of benzene rings is 1. The first-order valence-corrected chi connectivity index (χ1v) is 8.18. The summed E-state index contributed by atoms with van der Waals surface area (Å²) < 4.78 is 1.10. The van der Waals surface area contributed by atoms with Crippen LogP contribution in [0.4, 0.5) is 0 Å². The Labute approximate surface area is 129 Å². The minimum atomic E-state index is 0.223. The molecule has 0 aliphatic heterocycles. The normalized spacial score (nSPS) is 17.8. The molecule has 0 radical (unpaired) electrons. The molecule has 1 fully saturated rings. The van der Waals surface area contributed by atoms with E-state index >= 15 is 0 Å². The van der Waals surface area contributed by atoms with Crippen molar-refractivity contribution in [2.75, 3.05) is 0 Å². The Morgan fingerprint density at radius 2 is 2.05 bits per heavy atom. The van der Waals surface area contributed by atoms with Gasteiger partial charge in [-0.2, -0.15) is 0 Å². The van der Waals surface area contributed by atoms with Gasteiger partial charge in [0.2, 0.25) is 0 Å². The van der Waals surface area contributed by atoms with Gasteiger partial charge in [-0.15, -0.1) is 0 Å². The van der Waals surface area contributed by atoms with Crippen molar-refractivity contribution < 1.29 is 0 Å². The number of nitrogens with one attached hydrogen (secondary N) is 2. The topological polar surface area (TPSA) is 24.1 Å². The molecule has 0 bridgehead atoms. The number of halogens is 1. The summed E-state index contributed by atoms with van der Waals surface area (Å²) in [6.45, 7) is 2.14. The largest absolute Gasteiger partial charge is 0.360 e. The average Bonchev–Trinajstić information content (AvgIpc) is 2.39. The molecule has 1 aliphatic carbocycles. The van der Waals surface area contributed by atoms with Crippen LogP contribution in [0.25, 0.3) is 0 Å². The molecule has 1 unspecified atom stereocenters. The molecule has 19 heavy (non-hydrogen) atoms. The van der Waals surface area contributed by atoms with Crippen LogP contribution in [-0.4, -0.2) is 11.2 Å². The molecule has 1 saturated carbocycles. The molecule has 0 amide bonds. The lowest BCUT2D eigenvalue weighted by Crippen LogP contribution is -2.43. The first-order chi connectivity index (χ1) is 9.15. The summed E-state index contributed by atoms with van der Waals surface area (Å²) in [5, 5.41) is 7.59. The van der Waals surface area contributed by atoms with Gasteiger partial charge in [-0.05, 0) is 49.7 Å². The standard InChI is InChI=1S/C15H21BrN2S/c1-11(12-6-5-7-13(16)10-12)17-15(19)18-14-8-3-2-4-9-14/h5-7,10-11,14H,2-4,8-9H2,1H3,(H2,17,18,19). The van der Waals surface area contributed by atoms with Gasteiger partial charge < -0.3 is 10.6 Å². The maximum absolute atomic E-state index is 5.41. The van der Waals surface area contributed by atoms with E-state index in [0.717, 1.165) is 9.59 Å². The van der Waals surface area contributed by atoms with Crippen LogP contribution in [0, 0.1) is 0 Å². The summed E-state index contributed by atoms with van der Waals surface area (Å²) in [5.74, 6) is 0. The van der Waals surface area contributed by atoms with Crippen molar-refractivity contribution in [2.24, 2.45) is 0 Å². The minimum absolute atomic E-state index is 0.223. The number of thiocarbonyl (C=S) groups is 1.